The summed E-state index contributed by atoms with van der Waals surface area (Å²) in [7, 11) is 0. The molecule has 3 N–H and O–H groups in total. The van der Waals surface area contributed by atoms with Crippen LogP contribution in [-0.4, -0.2) is 6.61 Å². The summed E-state index contributed by atoms with van der Waals surface area (Å²) < 4.78 is 18.6. The SMILES string of the molecule is CCCOc1ccc(Nc2cc(F)ccc2N)cc1. The molecule has 19 heavy (non-hydrogen) atoms. The monoisotopic (exact) mass is 260 g/mol. The van der Waals surface area contributed by atoms with Crippen molar-refractivity contribution in [2.75, 3.05) is 17.7 Å². The molecule has 0 atom stereocenters. The predicted molar refractivity (Wildman–Crippen MR) is 76.3 cm³/mol. The molecule has 0 aliphatic carbocycles. The summed E-state index contributed by atoms with van der Waals surface area (Å²) in [6.07, 6.45) is 0.972. The molecule has 0 aliphatic heterocycles. The van der Waals surface area contributed by atoms with Crippen LogP contribution in [-0.2, 0) is 0 Å². The van der Waals surface area contributed by atoms with Crippen LogP contribution in [0.15, 0.2) is 42.5 Å². The summed E-state index contributed by atoms with van der Waals surface area (Å²) in [5, 5.41) is 3.08. The zero-order valence-corrected chi connectivity index (χ0v) is 10.8. The fourth-order valence-electron chi connectivity index (χ4n) is 1.65. The van der Waals surface area contributed by atoms with Crippen LogP contribution in [0.1, 0.15) is 13.3 Å². The number of nitrogen functional groups attached to an aromatic ring is 1. The smallest absolute Gasteiger partial charge is 0.125 e. The molecule has 0 saturated heterocycles. The van der Waals surface area contributed by atoms with Gasteiger partial charge < -0.3 is 15.8 Å². The van der Waals surface area contributed by atoms with E-state index in [4.69, 9.17) is 10.5 Å². The predicted octanol–water partition coefficient (Wildman–Crippen LogP) is 3.94. The quantitative estimate of drug-likeness (QED) is 0.800. The van der Waals surface area contributed by atoms with Crippen LogP contribution in [0.5, 0.6) is 5.75 Å². The van der Waals surface area contributed by atoms with E-state index in [0.29, 0.717) is 18.0 Å². The highest BCUT2D eigenvalue weighted by molar-refractivity contribution is 5.72. The van der Waals surface area contributed by atoms with Crippen molar-refractivity contribution in [3.8, 4) is 5.75 Å². The molecule has 0 bridgehead atoms. The fraction of sp³-hybridized carbons (Fsp3) is 0.200. The van der Waals surface area contributed by atoms with Gasteiger partial charge in [-0.05, 0) is 48.9 Å². The summed E-state index contributed by atoms with van der Waals surface area (Å²) >= 11 is 0. The lowest BCUT2D eigenvalue weighted by atomic mass is 10.2. The van der Waals surface area contributed by atoms with E-state index in [1.54, 1.807) is 0 Å². The molecule has 0 fully saturated rings. The van der Waals surface area contributed by atoms with Crippen LogP contribution < -0.4 is 15.8 Å². The first-order valence-corrected chi connectivity index (χ1v) is 6.24. The molecule has 0 unspecified atom stereocenters. The Bertz CT molecular complexity index is 540. The van der Waals surface area contributed by atoms with Gasteiger partial charge in [0.2, 0.25) is 0 Å². The molecule has 2 aromatic rings. The van der Waals surface area contributed by atoms with Gasteiger partial charge in [-0.1, -0.05) is 6.92 Å². The average molecular weight is 260 g/mol. The van der Waals surface area contributed by atoms with Crippen molar-refractivity contribution in [3.63, 3.8) is 0 Å². The fourth-order valence-corrected chi connectivity index (χ4v) is 1.65. The molecular formula is C15H17FN2O. The van der Waals surface area contributed by atoms with Gasteiger partial charge in [-0.3, -0.25) is 0 Å². The summed E-state index contributed by atoms with van der Waals surface area (Å²) in [5.41, 5.74) is 7.68. The third-order valence-corrected chi connectivity index (χ3v) is 2.62. The minimum absolute atomic E-state index is 0.320. The van der Waals surface area contributed by atoms with Crippen molar-refractivity contribution in [3.05, 3.63) is 48.3 Å². The average Bonchev–Trinajstić information content (AvgIpc) is 2.42. The Morgan fingerprint density at radius 2 is 1.89 bits per heavy atom. The van der Waals surface area contributed by atoms with E-state index in [9.17, 15) is 4.39 Å². The Balaban J connectivity index is 2.08. The lowest BCUT2D eigenvalue weighted by Crippen LogP contribution is -1.98. The van der Waals surface area contributed by atoms with E-state index in [-0.39, 0.29) is 5.82 Å². The van der Waals surface area contributed by atoms with Crippen LogP contribution in [0.25, 0.3) is 0 Å². The lowest BCUT2D eigenvalue weighted by Gasteiger charge is -2.10. The number of anilines is 3. The van der Waals surface area contributed by atoms with Crippen LogP contribution in [0.2, 0.25) is 0 Å². The number of hydrogen-bond donors (Lipinski definition) is 2. The molecule has 0 amide bonds. The highest BCUT2D eigenvalue weighted by Gasteiger charge is 2.02. The molecule has 2 aromatic carbocycles. The summed E-state index contributed by atoms with van der Waals surface area (Å²) in [4.78, 5) is 0. The standard InChI is InChI=1S/C15H17FN2O/c1-2-9-19-13-6-4-12(5-7-13)18-15-10-11(16)3-8-14(15)17/h3-8,10,18H,2,9,17H2,1H3. The molecule has 0 spiro atoms. The van der Waals surface area contributed by atoms with Crippen molar-refractivity contribution in [2.24, 2.45) is 0 Å². The Kier molecular flexibility index (Phi) is 4.23. The molecule has 2 rings (SSSR count). The molecule has 0 radical (unpaired) electrons. The van der Waals surface area contributed by atoms with Crippen molar-refractivity contribution in [1.82, 2.24) is 0 Å². The van der Waals surface area contributed by atoms with Crippen molar-refractivity contribution in [2.45, 2.75) is 13.3 Å². The van der Waals surface area contributed by atoms with E-state index in [2.05, 4.69) is 12.2 Å². The van der Waals surface area contributed by atoms with Crippen molar-refractivity contribution in [1.29, 1.82) is 0 Å². The van der Waals surface area contributed by atoms with Gasteiger partial charge in [0, 0.05) is 5.69 Å². The van der Waals surface area contributed by atoms with Crippen molar-refractivity contribution < 1.29 is 9.13 Å². The Labute approximate surface area is 112 Å². The van der Waals surface area contributed by atoms with Gasteiger partial charge in [0.05, 0.1) is 18.0 Å². The number of halogens is 1. The second-order valence-corrected chi connectivity index (χ2v) is 4.23. The molecule has 0 saturated carbocycles. The second kappa shape index (κ2) is 6.09. The first-order chi connectivity index (χ1) is 9.19. The topological polar surface area (TPSA) is 47.3 Å². The maximum atomic E-state index is 13.1. The van der Waals surface area contributed by atoms with Gasteiger partial charge in [-0.25, -0.2) is 4.39 Å². The van der Waals surface area contributed by atoms with E-state index in [1.807, 2.05) is 24.3 Å². The summed E-state index contributed by atoms with van der Waals surface area (Å²) in [6.45, 7) is 2.76. The van der Waals surface area contributed by atoms with Crippen LogP contribution in [0.4, 0.5) is 21.5 Å². The summed E-state index contributed by atoms with van der Waals surface area (Å²) in [5.74, 6) is 0.499. The van der Waals surface area contributed by atoms with Gasteiger partial charge in [0.25, 0.3) is 0 Å². The van der Waals surface area contributed by atoms with E-state index < -0.39 is 0 Å². The number of ether oxygens (including phenoxy) is 1. The third kappa shape index (κ3) is 3.61. The van der Waals surface area contributed by atoms with E-state index in [1.165, 1.54) is 18.2 Å². The molecule has 3 nitrogen and oxygen atoms in total. The highest BCUT2D eigenvalue weighted by atomic mass is 19.1. The lowest BCUT2D eigenvalue weighted by molar-refractivity contribution is 0.317. The van der Waals surface area contributed by atoms with Gasteiger partial charge in [0.15, 0.2) is 0 Å². The minimum Gasteiger partial charge on any atom is -0.494 e. The van der Waals surface area contributed by atoms with Gasteiger partial charge >= 0.3 is 0 Å². The molecular weight excluding hydrogens is 243 g/mol. The second-order valence-electron chi connectivity index (χ2n) is 4.23. The van der Waals surface area contributed by atoms with Crippen molar-refractivity contribution >= 4 is 17.1 Å². The highest BCUT2D eigenvalue weighted by Crippen LogP contribution is 2.25. The Morgan fingerprint density at radius 1 is 1.16 bits per heavy atom. The molecule has 100 valence electrons. The van der Waals surface area contributed by atoms with Crippen LogP contribution in [0.3, 0.4) is 0 Å². The normalized spacial score (nSPS) is 10.2. The summed E-state index contributed by atoms with van der Waals surface area (Å²) in [6, 6.07) is 11.7. The zero-order valence-electron chi connectivity index (χ0n) is 10.8. The number of rotatable bonds is 5. The molecule has 4 heteroatoms. The van der Waals surface area contributed by atoms with Crippen LogP contribution >= 0.6 is 0 Å². The Hall–Kier alpha value is -2.23. The van der Waals surface area contributed by atoms with E-state index in [0.717, 1.165) is 17.9 Å². The Morgan fingerprint density at radius 3 is 2.58 bits per heavy atom. The van der Waals surface area contributed by atoms with Crippen LogP contribution in [0, 0.1) is 5.82 Å². The van der Waals surface area contributed by atoms with Gasteiger partial charge in [-0.2, -0.15) is 0 Å². The molecule has 0 aliphatic rings. The van der Waals surface area contributed by atoms with E-state index >= 15 is 0 Å². The van der Waals surface area contributed by atoms with Gasteiger partial charge in [0.1, 0.15) is 11.6 Å². The number of benzene rings is 2. The largest absolute Gasteiger partial charge is 0.494 e. The number of nitrogens with two attached hydrogens (primary N) is 1. The maximum Gasteiger partial charge on any atom is 0.125 e. The maximum absolute atomic E-state index is 13.1. The molecule has 0 heterocycles. The van der Waals surface area contributed by atoms with Gasteiger partial charge in [-0.15, -0.1) is 0 Å². The third-order valence-electron chi connectivity index (χ3n) is 2.62. The molecule has 0 aromatic heterocycles. The number of nitrogens with one attached hydrogen (secondary N) is 1. The first kappa shape index (κ1) is 13.2. The number of hydrogen-bond acceptors (Lipinski definition) is 3. The first-order valence-electron chi connectivity index (χ1n) is 6.24. The zero-order chi connectivity index (χ0) is 13.7. The minimum atomic E-state index is -0.320.